The molecule has 18 heavy (non-hydrogen) atoms. The molecule has 0 bridgehead atoms. The van der Waals surface area contributed by atoms with Crippen molar-refractivity contribution in [1.82, 2.24) is 9.80 Å². The molecule has 0 saturated carbocycles. The molecule has 2 rings (SSSR count). The zero-order chi connectivity index (χ0) is 13.3. The molecule has 0 aliphatic carbocycles. The van der Waals surface area contributed by atoms with Crippen molar-refractivity contribution >= 4 is 6.09 Å². The average molecular weight is 255 g/mol. The highest BCUT2D eigenvalue weighted by Crippen LogP contribution is 2.21. The molecule has 0 spiro atoms. The molecule has 0 radical (unpaired) electrons. The monoisotopic (exact) mass is 255 g/mol. The van der Waals surface area contributed by atoms with Crippen LogP contribution < -0.4 is 5.73 Å². The van der Waals surface area contributed by atoms with Crippen LogP contribution in [0.2, 0.25) is 0 Å². The Morgan fingerprint density at radius 3 is 2.28 bits per heavy atom. The van der Waals surface area contributed by atoms with Gasteiger partial charge in [-0.05, 0) is 33.6 Å². The normalized spacial score (nSPS) is 23.9. The first-order valence-electron chi connectivity index (χ1n) is 6.83. The van der Waals surface area contributed by atoms with Gasteiger partial charge in [0.1, 0.15) is 5.60 Å². The molecule has 1 amide bonds. The van der Waals surface area contributed by atoms with Crippen LogP contribution in [0.15, 0.2) is 0 Å². The summed E-state index contributed by atoms with van der Waals surface area (Å²) in [6.07, 6.45) is 1.96. The lowest BCUT2D eigenvalue weighted by molar-refractivity contribution is -0.0195. The van der Waals surface area contributed by atoms with Gasteiger partial charge in [0, 0.05) is 38.3 Å². The lowest BCUT2D eigenvalue weighted by Gasteiger charge is -2.47. The van der Waals surface area contributed by atoms with Gasteiger partial charge in [-0.3, -0.25) is 4.90 Å². The van der Waals surface area contributed by atoms with Crippen molar-refractivity contribution in [1.29, 1.82) is 0 Å². The lowest BCUT2D eigenvalue weighted by Crippen LogP contribution is -2.63. The number of hydrogen-bond acceptors (Lipinski definition) is 4. The van der Waals surface area contributed by atoms with E-state index in [-0.39, 0.29) is 6.09 Å². The molecule has 0 aromatic carbocycles. The molecule has 0 atom stereocenters. The molecule has 2 aliphatic heterocycles. The highest BCUT2D eigenvalue weighted by Gasteiger charge is 2.37. The van der Waals surface area contributed by atoms with Gasteiger partial charge in [0.15, 0.2) is 0 Å². The van der Waals surface area contributed by atoms with E-state index in [1.54, 1.807) is 4.90 Å². The predicted octanol–water partition coefficient (Wildman–Crippen LogP) is 1.03. The van der Waals surface area contributed by atoms with E-state index in [0.29, 0.717) is 12.1 Å². The predicted molar refractivity (Wildman–Crippen MR) is 70.4 cm³/mol. The molecule has 5 heteroatoms. The van der Waals surface area contributed by atoms with Gasteiger partial charge in [0.05, 0.1) is 0 Å². The largest absolute Gasteiger partial charge is 0.444 e. The molecule has 2 heterocycles. The average Bonchev–Trinajstić information content (AvgIpc) is 2.15. The summed E-state index contributed by atoms with van der Waals surface area (Å²) in [5, 5.41) is 0. The van der Waals surface area contributed by atoms with Crippen molar-refractivity contribution < 1.29 is 9.53 Å². The second-order valence-electron chi connectivity index (χ2n) is 6.41. The number of likely N-dealkylation sites (tertiary alicyclic amines) is 2. The quantitative estimate of drug-likeness (QED) is 0.760. The van der Waals surface area contributed by atoms with Crippen molar-refractivity contribution in [2.45, 2.75) is 51.3 Å². The number of carbonyl (C=O) groups excluding carboxylic acids is 1. The van der Waals surface area contributed by atoms with Crippen LogP contribution in [-0.4, -0.2) is 59.8 Å². The number of piperidine rings is 1. The SMILES string of the molecule is CC(C)(C)OC(=O)N1CC(N2CCC(N)CC2)C1. The molecule has 0 unspecified atom stereocenters. The van der Waals surface area contributed by atoms with Gasteiger partial charge in [-0.1, -0.05) is 0 Å². The zero-order valence-corrected chi connectivity index (χ0v) is 11.7. The molecular formula is C13H25N3O2. The van der Waals surface area contributed by atoms with E-state index >= 15 is 0 Å². The second-order valence-corrected chi connectivity index (χ2v) is 6.41. The number of amides is 1. The Morgan fingerprint density at radius 2 is 1.78 bits per heavy atom. The van der Waals surface area contributed by atoms with Crippen LogP contribution in [0.1, 0.15) is 33.6 Å². The highest BCUT2D eigenvalue weighted by atomic mass is 16.6. The van der Waals surface area contributed by atoms with Gasteiger partial charge in [-0.25, -0.2) is 4.79 Å². The first-order valence-corrected chi connectivity index (χ1v) is 6.83. The first kappa shape index (κ1) is 13.6. The maximum atomic E-state index is 11.8. The third-order valence-electron chi connectivity index (χ3n) is 3.60. The van der Waals surface area contributed by atoms with Crippen molar-refractivity contribution in [2.75, 3.05) is 26.2 Å². The van der Waals surface area contributed by atoms with Crippen LogP contribution in [0.4, 0.5) is 4.79 Å². The number of nitrogens with zero attached hydrogens (tertiary/aromatic N) is 2. The summed E-state index contributed by atoms with van der Waals surface area (Å²) < 4.78 is 5.34. The fraction of sp³-hybridized carbons (Fsp3) is 0.923. The molecule has 2 N–H and O–H groups in total. The van der Waals surface area contributed by atoms with Gasteiger partial charge in [-0.2, -0.15) is 0 Å². The first-order chi connectivity index (χ1) is 8.35. The lowest BCUT2D eigenvalue weighted by atomic mass is 10.0. The molecule has 2 aliphatic rings. The summed E-state index contributed by atoms with van der Waals surface area (Å²) in [5.74, 6) is 0. The van der Waals surface area contributed by atoms with E-state index < -0.39 is 5.60 Å². The Balaban J connectivity index is 1.72. The molecular weight excluding hydrogens is 230 g/mol. The molecule has 2 fully saturated rings. The van der Waals surface area contributed by atoms with E-state index in [9.17, 15) is 4.79 Å². The molecule has 5 nitrogen and oxygen atoms in total. The number of carbonyl (C=O) groups is 1. The minimum Gasteiger partial charge on any atom is -0.444 e. The molecule has 0 aromatic heterocycles. The summed E-state index contributed by atoms with van der Waals surface area (Å²) in [6, 6.07) is 0.869. The smallest absolute Gasteiger partial charge is 0.410 e. The van der Waals surface area contributed by atoms with Gasteiger partial charge < -0.3 is 15.4 Å². The Bertz CT molecular complexity index is 300. The fourth-order valence-electron chi connectivity index (χ4n) is 2.45. The Hall–Kier alpha value is -0.810. The Labute approximate surface area is 109 Å². The van der Waals surface area contributed by atoms with E-state index in [2.05, 4.69) is 4.90 Å². The van der Waals surface area contributed by atoms with Gasteiger partial charge in [-0.15, -0.1) is 0 Å². The Kier molecular flexibility index (Phi) is 3.82. The highest BCUT2D eigenvalue weighted by molar-refractivity contribution is 5.69. The molecule has 0 aromatic rings. The third-order valence-corrected chi connectivity index (χ3v) is 3.60. The van der Waals surface area contributed by atoms with Crippen LogP contribution in [0.3, 0.4) is 0 Å². The summed E-state index contributed by atoms with van der Waals surface area (Å²) in [6.45, 7) is 9.41. The standard InChI is InChI=1S/C13H25N3O2/c1-13(2,3)18-12(17)16-8-11(9-16)15-6-4-10(14)5-7-15/h10-11H,4-9,14H2,1-3H3. The topological polar surface area (TPSA) is 58.8 Å². The maximum absolute atomic E-state index is 11.8. The number of hydrogen-bond donors (Lipinski definition) is 1. The van der Waals surface area contributed by atoms with Crippen molar-refractivity contribution in [3.63, 3.8) is 0 Å². The minimum absolute atomic E-state index is 0.188. The van der Waals surface area contributed by atoms with Crippen LogP contribution in [0.25, 0.3) is 0 Å². The summed E-state index contributed by atoms with van der Waals surface area (Å²) in [5.41, 5.74) is 5.49. The van der Waals surface area contributed by atoms with Crippen LogP contribution >= 0.6 is 0 Å². The van der Waals surface area contributed by atoms with Crippen molar-refractivity contribution in [3.8, 4) is 0 Å². The van der Waals surface area contributed by atoms with Crippen molar-refractivity contribution in [3.05, 3.63) is 0 Å². The van der Waals surface area contributed by atoms with E-state index in [4.69, 9.17) is 10.5 Å². The summed E-state index contributed by atoms with van der Waals surface area (Å²) in [4.78, 5) is 16.0. The minimum atomic E-state index is -0.403. The molecule has 104 valence electrons. The van der Waals surface area contributed by atoms with E-state index in [1.165, 1.54) is 0 Å². The summed E-state index contributed by atoms with van der Waals surface area (Å²) in [7, 11) is 0. The van der Waals surface area contributed by atoms with Crippen LogP contribution in [-0.2, 0) is 4.74 Å². The second kappa shape index (κ2) is 5.05. The van der Waals surface area contributed by atoms with E-state index in [0.717, 1.165) is 39.0 Å². The fourth-order valence-corrected chi connectivity index (χ4v) is 2.45. The van der Waals surface area contributed by atoms with Gasteiger partial charge in [0.2, 0.25) is 0 Å². The van der Waals surface area contributed by atoms with Crippen LogP contribution in [0, 0.1) is 0 Å². The third kappa shape index (κ3) is 3.36. The van der Waals surface area contributed by atoms with Crippen molar-refractivity contribution in [2.24, 2.45) is 5.73 Å². The zero-order valence-electron chi connectivity index (χ0n) is 11.7. The number of ether oxygens (including phenoxy) is 1. The van der Waals surface area contributed by atoms with Gasteiger partial charge >= 0.3 is 6.09 Å². The Morgan fingerprint density at radius 1 is 1.22 bits per heavy atom. The number of nitrogens with two attached hydrogens (primary N) is 1. The number of rotatable bonds is 1. The van der Waals surface area contributed by atoms with Gasteiger partial charge in [0.25, 0.3) is 0 Å². The van der Waals surface area contributed by atoms with Crippen LogP contribution in [0.5, 0.6) is 0 Å². The van der Waals surface area contributed by atoms with E-state index in [1.807, 2.05) is 20.8 Å². The molecule has 2 saturated heterocycles. The maximum Gasteiger partial charge on any atom is 0.410 e. The summed E-state index contributed by atoms with van der Waals surface area (Å²) >= 11 is 0.